The van der Waals surface area contributed by atoms with E-state index in [2.05, 4.69) is 29.4 Å². The molecule has 3 rings (SSSR count). The van der Waals surface area contributed by atoms with Crippen LogP contribution in [0.2, 0.25) is 0 Å². The van der Waals surface area contributed by atoms with Gasteiger partial charge in [-0.2, -0.15) is 0 Å². The molecule has 0 spiro atoms. The number of carbonyl (C=O) groups is 1. The molecular weight excluding hydrogens is 280 g/mol. The number of likely N-dealkylation sites (N-methyl/N-ethyl adjacent to an activating group) is 1. The zero-order chi connectivity index (χ0) is 15.5. The van der Waals surface area contributed by atoms with Crippen LogP contribution in [-0.4, -0.2) is 35.7 Å². The zero-order valence-corrected chi connectivity index (χ0v) is 12.9. The summed E-state index contributed by atoms with van der Waals surface area (Å²) in [6, 6.07) is 10.3. The number of hydrogen-bond acceptors (Lipinski definition) is 4. The van der Waals surface area contributed by atoms with Gasteiger partial charge in [-0.1, -0.05) is 24.3 Å². The normalized spacial score (nSPS) is 16.9. The third-order valence-electron chi connectivity index (χ3n) is 4.21. The second kappa shape index (κ2) is 6.22. The fraction of sp³-hybridized carbons (Fsp3) is 0.412. The van der Waals surface area contributed by atoms with Crippen LogP contribution in [0.4, 0.5) is 0 Å². The third-order valence-corrected chi connectivity index (χ3v) is 4.21. The summed E-state index contributed by atoms with van der Waals surface area (Å²) in [5.74, 6) is 0.984. The number of ether oxygens (including phenoxy) is 1. The number of aryl methyl sites for hydroxylation is 2. The van der Waals surface area contributed by atoms with Crippen molar-refractivity contribution in [2.45, 2.75) is 32.2 Å². The lowest BCUT2D eigenvalue weighted by atomic mass is 9.87. The van der Waals surface area contributed by atoms with Gasteiger partial charge < -0.3 is 14.2 Å². The van der Waals surface area contributed by atoms with E-state index in [1.165, 1.54) is 11.1 Å². The van der Waals surface area contributed by atoms with Crippen molar-refractivity contribution in [3.63, 3.8) is 0 Å². The number of rotatable bonds is 4. The first kappa shape index (κ1) is 14.6. The van der Waals surface area contributed by atoms with Crippen LogP contribution < -0.4 is 4.74 Å². The first-order chi connectivity index (χ1) is 10.6. The van der Waals surface area contributed by atoms with Gasteiger partial charge in [0.15, 0.2) is 6.61 Å². The van der Waals surface area contributed by atoms with Gasteiger partial charge in [0.25, 0.3) is 11.8 Å². The zero-order valence-electron chi connectivity index (χ0n) is 12.9. The van der Waals surface area contributed by atoms with Crippen LogP contribution in [0.5, 0.6) is 5.88 Å². The van der Waals surface area contributed by atoms with E-state index in [9.17, 15) is 4.79 Å². The lowest BCUT2D eigenvalue weighted by Gasteiger charge is -2.32. The van der Waals surface area contributed by atoms with Crippen LogP contribution in [0.25, 0.3) is 0 Å². The predicted molar refractivity (Wildman–Crippen MR) is 81.8 cm³/mol. The molecule has 2 aromatic rings. The van der Waals surface area contributed by atoms with Crippen LogP contribution in [-0.2, 0) is 17.6 Å². The van der Waals surface area contributed by atoms with Crippen LogP contribution in [0.1, 0.15) is 23.3 Å². The summed E-state index contributed by atoms with van der Waals surface area (Å²) in [6.45, 7) is 1.77. The standard InChI is InChI=1S/C17H20N2O3/c1-12-9-16(18-22-12)21-11-17(20)19(2)15-8-7-13-5-3-4-6-14(13)10-15/h3-6,9,15H,7-8,10-11H2,1-2H3. The maximum atomic E-state index is 12.3. The fourth-order valence-electron chi connectivity index (χ4n) is 2.86. The Balaban J connectivity index is 1.57. The number of hydrogen-bond donors (Lipinski definition) is 0. The molecule has 0 N–H and O–H groups in total. The summed E-state index contributed by atoms with van der Waals surface area (Å²) in [5.41, 5.74) is 2.74. The number of benzene rings is 1. The van der Waals surface area contributed by atoms with Crippen LogP contribution in [0.15, 0.2) is 34.9 Å². The molecule has 116 valence electrons. The molecule has 22 heavy (non-hydrogen) atoms. The van der Waals surface area contributed by atoms with Crippen molar-refractivity contribution in [1.29, 1.82) is 0 Å². The smallest absolute Gasteiger partial charge is 0.260 e. The molecule has 1 heterocycles. The van der Waals surface area contributed by atoms with Crippen molar-refractivity contribution < 1.29 is 14.1 Å². The van der Waals surface area contributed by atoms with Crippen molar-refractivity contribution in [2.75, 3.05) is 13.7 Å². The Morgan fingerprint density at radius 3 is 2.91 bits per heavy atom. The Hall–Kier alpha value is -2.30. The summed E-state index contributed by atoms with van der Waals surface area (Å²) in [5, 5.41) is 3.72. The quantitative estimate of drug-likeness (QED) is 0.870. The number of carbonyl (C=O) groups excluding carboxylic acids is 1. The van der Waals surface area contributed by atoms with E-state index in [0.29, 0.717) is 11.6 Å². The average molecular weight is 300 g/mol. The van der Waals surface area contributed by atoms with Crippen molar-refractivity contribution >= 4 is 5.91 Å². The number of nitrogens with zero attached hydrogens (tertiary/aromatic N) is 2. The summed E-state index contributed by atoms with van der Waals surface area (Å²) in [7, 11) is 1.85. The van der Waals surface area contributed by atoms with E-state index >= 15 is 0 Å². The minimum absolute atomic E-state index is 0.0133. The molecule has 1 atom stereocenters. The van der Waals surface area contributed by atoms with Crippen LogP contribution in [0.3, 0.4) is 0 Å². The molecule has 1 amide bonds. The van der Waals surface area contributed by atoms with Crippen LogP contribution >= 0.6 is 0 Å². The van der Waals surface area contributed by atoms with Gasteiger partial charge in [0.2, 0.25) is 0 Å². The average Bonchev–Trinajstić information content (AvgIpc) is 2.97. The predicted octanol–water partition coefficient (Wildman–Crippen LogP) is 2.38. The second-order valence-corrected chi connectivity index (χ2v) is 5.73. The van der Waals surface area contributed by atoms with Crippen LogP contribution in [0, 0.1) is 6.92 Å². The molecular formula is C17H20N2O3. The van der Waals surface area contributed by atoms with E-state index < -0.39 is 0 Å². The van der Waals surface area contributed by atoms with Gasteiger partial charge in [-0.3, -0.25) is 4.79 Å². The Morgan fingerprint density at radius 1 is 1.41 bits per heavy atom. The fourth-order valence-corrected chi connectivity index (χ4v) is 2.86. The molecule has 1 aromatic carbocycles. The third kappa shape index (κ3) is 3.13. The summed E-state index contributed by atoms with van der Waals surface area (Å²) in [4.78, 5) is 14.1. The van der Waals surface area contributed by atoms with E-state index in [-0.39, 0.29) is 18.6 Å². The van der Waals surface area contributed by atoms with Gasteiger partial charge in [-0.05, 0) is 42.5 Å². The molecule has 5 nitrogen and oxygen atoms in total. The van der Waals surface area contributed by atoms with Crippen molar-refractivity contribution in [3.8, 4) is 5.88 Å². The molecule has 1 aromatic heterocycles. The van der Waals surface area contributed by atoms with E-state index in [1.807, 2.05) is 7.05 Å². The summed E-state index contributed by atoms with van der Waals surface area (Å²) < 4.78 is 10.3. The topological polar surface area (TPSA) is 55.6 Å². The maximum absolute atomic E-state index is 12.3. The van der Waals surface area contributed by atoms with E-state index in [4.69, 9.17) is 9.26 Å². The van der Waals surface area contributed by atoms with Gasteiger partial charge in [0.1, 0.15) is 5.76 Å². The number of amides is 1. The highest BCUT2D eigenvalue weighted by Crippen LogP contribution is 2.24. The summed E-state index contributed by atoms with van der Waals surface area (Å²) in [6.07, 6.45) is 2.91. The highest BCUT2D eigenvalue weighted by Gasteiger charge is 2.25. The molecule has 1 unspecified atom stereocenters. The number of aromatic nitrogens is 1. The first-order valence-corrected chi connectivity index (χ1v) is 7.52. The highest BCUT2D eigenvalue weighted by atomic mass is 16.5. The van der Waals surface area contributed by atoms with Gasteiger partial charge in [-0.15, -0.1) is 0 Å². The van der Waals surface area contributed by atoms with Crippen molar-refractivity contribution in [1.82, 2.24) is 10.1 Å². The van der Waals surface area contributed by atoms with Gasteiger partial charge in [0, 0.05) is 19.2 Å². The summed E-state index contributed by atoms with van der Waals surface area (Å²) >= 11 is 0. The largest absolute Gasteiger partial charge is 0.465 e. The lowest BCUT2D eigenvalue weighted by molar-refractivity contribution is -0.134. The van der Waals surface area contributed by atoms with E-state index in [0.717, 1.165) is 19.3 Å². The molecule has 0 saturated heterocycles. The Kier molecular flexibility index (Phi) is 4.13. The Labute approximate surface area is 129 Å². The minimum atomic E-state index is -0.0370. The molecule has 0 bridgehead atoms. The van der Waals surface area contributed by atoms with Gasteiger partial charge in [-0.25, -0.2) is 0 Å². The van der Waals surface area contributed by atoms with Gasteiger partial charge in [0.05, 0.1) is 0 Å². The molecule has 0 aliphatic heterocycles. The second-order valence-electron chi connectivity index (χ2n) is 5.73. The molecule has 0 saturated carbocycles. The molecule has 5 heteroatoms. The highest BCUT2D eigenvalue weighted by molar-refractivity contribution is 5.77. The molecule has 1 aliphatic carbocycles. The Bertz CT molecular complexity index is 665. The molecule has 0 radical (unpaired) electrons. The maximum Gasteiger partial charge on any atom is 0.260 e. The molecule has 1 aliphatic rings. The van der Waals surface area contributed by atoms with Gasteiger partial charge >= 0.3 is 0 Å². The minimum Gasteiger partial charge on any atom is -0.465 e. The number of fused-ring (bicyclic) bond motifs is 1. The first-order valence-electron chi connectivity index (χ1n) is 7.52. The molecule has 0 fully saturated rings. The van der Waals surface area contributed by atoms with E-state index in [1.54, 1.807) is 17.9 Å². The van der Waals surface area contributed by atoms with Crippen molar-refractivity contribution in [3.05, 3.63) is 47.2 Å². The Morgan fingerprint density at radius 2 is 2.18 bits per heavy atom. The van der Waals surface area contributed by atoms with Crippen molar-refractivity contribution in [2.24, 2.45) is 0 Å². The SMILES string of the molecule is Cc1cc(OCC(=O)N(C)C2CCc3ccccc3C2)no1. The monoisotopic (exact) mass is 300 g/mol. The lowest BCUT2D eigenvalue weighted by Crippen LogP contribution is -2.42.